The molecule has 192 valence electrons. The molecule has 3 aromatic rings. The Balaban J connectivity index is 1.65. The molecule has 0 radical (unpaired) electrons. The Hall–Kier alpha value is -3.17. The van der Waals surface area contributed by atoms with E-state index in [0.717, 1.165) is 34.5 Å². The van der Waals surface area contributed by atoms with Crippen molar-refractivity contribution in [3.05, 3.63) is 77.9 Å². The highest BCUT2D eigenvalue weighted by atomic mass is 32.2. The normalized spacial score (nSPS) is 11.2. The van der Waals surface area contributed by atoms with Gasteiger partial charge >= 0.3 is 16.1 Å². The van der Waals surface area contributed by atoms with E-state index in [2.05, 4.69) is 0 Å². The molecule has 1 N–H and O–H groups in total. The standard InChI is InChI=1S/C27H30O7S2/c1-3-5-26(29)33-27-21(16-18-32-23-12-14-24(15-13-23)34-36(2,30)31)6-4-7-25(27)35-19-17-20-8-10-22(28)11-9-20/h4,6-15,28H,3,5,16-19H2,1-2H3. The summed E-state index contributed by atoms with van der Waals surface area (Å²) in [5.41, 5.74) is 1.98. The molecule has 7 nitrogen and oxygen atoms in total. The third-order valence-corrected chi connectivity index (χ3v) is 6.56. The van der Waals surface area contributed by atoms with Crippen LogP contribution in [0.25, 0.3) is 0 Å². The number of carbonyl (C=O) groups excluding carboxylic acids is 1. The second-order valence-electron chi connectivity index (χ2n) is 8.09. The highest BCUT2D eigenvalue weighted by Gasteiger charge is 2.15. The number of phenols is 1. The molecule has 0 aromatic heterocycles. The lowest BCUT2D eigenvalue weighted by atomic mass is 10.1. The fourth-order valence-electron chi connectivity index (χ4n) is 3.34. The summed E-state index contributed by atoms with van der Waals surface area (Å²) in [5.74, 6) is 2.10. The van der Waals surface area contributed by atoms with Crippen LogP contribution in [-0.2, 0) is 27.8 Å². The third-order valence-electron chi connectivity index (χ3n) is 5.03. The maximum atomic E-state index is 12.3. The van der Waals surface area contributed by atoms with Crippen LogP contribution < -0.4 is 13.7 Å². The number of aryl methyl sites for hydroxylation is 1. The van der Waals surface area contributed by atoms with Gasteiger partial charge in [0.05, 0.1) is 17.8 Å². The number of aromatic hydroxyl groups is 1. The Bertz CT molecular complexity index is 1240. The number of rotatable bonds is 13. The first-order valence-electron chi connectivity index (χ1n) is 11.6. The molecule has 0 heterocycles. The van der Waals surface area contributed by atoms with E-state index in [1.807, 2.05) is 37.3 Å². The van der Waals surface area contributed by atoms with Crippen molar-refractivity contribution in [2.24, 2.45) is 0 Å². The van der Waals surface area contributed by atoms with Gasteiger partial charge in [-0.2, -0.15) is 8.42 Å². The topological polar surface area (TPSA) is 99.1 Å². The van der Waals surface area contributed by atoms with Crippen molar-refractivity contribution in [2.75, 3.05) is 18.6 Å². The van der Waals surface area contributed by atoms with Gasteiger partial charge in [0.2, 0.25) is 0 Å². The fraction of sp³-hybridized carbons (Fsp3) is 0.296. The summed E-state index contributed by atoms with van der Waals surface area (Å²) in [6.45, 7) is 2.27. The predicted octanol–water partition coefficient (Wildman–Crippen LogP) is 5.39. The van der Waals surface area contributed by atoms with Crippen LogP contribution in [0.15, 0.2) is 71.6 Å². The number of phenolic OH excluding ortho intramolecular Hbond substituents is 1. The molecule has 0 saturated carbocycles. The average Bonchev–Trinajstić information content (AvgIpc) is 2.82. The van der Waals surface area contributed by atoms with E-state index >= 15 is 0 Å². The molecule has 0 saturated heterocycles. The van der Waals surface area contributed by atoms with Crippen LogP contribution in [0.3, 0.4) is 0 Å². The molecule has 0 aliphatic heterocycles. The quantitative estimate of drug-likeness (QED) is 0.136. The first kappa shape index (κ1) is 27.4. The van der Waals surface area contributed by atoms with Crippen LogP contribution in [0, 0.1) is 0 Å². The molecule has 0 bridgehead atoms. The minimum atomic E-state index is -3.58. The summed E-state index contributed by atoms with van der Waals surface area (Å²) in [5, 5.41) is 9.46. The first-order chi connectivity index (χ1) is 17.2. The maximum absolute atomic E-state index is 12.3. The van der Waals surface area contributed by atoms with E-state index in [-0.39, 0.29) is 17.5 Å². The zero-order chi connectivity index (χ0) is 26.0. The molecule has 0 aliphatic rings. The maximum Gasteiger partial charge on any atom is 0.311 e. The lowest BCUT2D eigenvalue weighted by Gasteiger charge is -2.15. The minimum absolute atomic E-state index is 0.215. The zero-order valence-corrected chi connectivity index (χ0v) is 21.9. The van der Waals surface area contributed by atoms with E-state index in [0.29, 0.717) is 37.4 Å². The molecule has 36 heavy (non-hydrogen) atoms. The van der Waals surface area contributed by atoms with Crippen LogP contribution in [0.5, 0.6) is 23.0 Å². The largest absolute Gasteiger partial charge is 0.508 e. The van der Waals surface area contributed by atoms with Crippen molar-refractivity contribution >= 4 is 27.8 Å². The van der Waals surface area contributed by atoms with Crippen LogP contribution >= 0.6 is 11.8 Å². The van der Waals surface area contributed by atoms with Gasteiger partial charge in [0.1, 0.15) is 23.0 Å². The summed E-state index contributed by atoms with van der Waals surface area (Å²) in [7, 11) is -3.58. The van der Waals surface area contributed by atoms with Gasteiger partial charge in [-0.05, 0) is 66.4 Å². The van der Waals surface area contributed by atoms with Gasteiger partial charge in [-0.3, -0.25) is 4.79 Å². The van der Waals surface area contributed by atoms with E-state index in [1.165, 1.54) is 12.1 Å². The van der Waals surface area contributed by atoms with Crippen LogP contribution in [0.1, 0.15) is 30.9 Å². The van der Waals surface area contributed by atoms with E-state index in [4.69, 9.17) is 13.7 Å². The highest BCUT2D eigenvalue weighted by molar-refractivity contribution is 7.99. The lowest BCUT2D eigenvalue weighted by Crippen LogP contribution is -2.11. The molecule has 3 aromatic carbocycles. The van der Waals surface area contributed by atoms with Gasteiger partial charge in [0, 0.05) is 18.6 Å². The third kappa shape index (κ3) is 9.13. The lowest BCUT2D eigenvalue weighted by molar-refractivity contribution is -0.134. The summed E-state index contributed by atoms with van der Waals surface area (Å²) in [6.07, 6.45) is 3.35. The van der Waals surface area contributed by atoms with Gasteiger partial charge in [-0.1, -0.05) is 31.2 Å². The number of para-hydroxylation sites is 1. The van der Waals surface area contributed by atoms with Crippen molar-refractivity contribution in [3.63, 3.8) is 0 Å². The summed E-state index contributed by atoms with van der Waals surface area (Å²) in [4.78, 5) is 13.2. The Morgan fingerprint density at radius 2 is 1.64 bits per heavy atom. The molecule has 0 aliphatic carbocycles. The second kappa shape index (κ2) is 13.2. The molecular formula is C27H30O7S2. The Labute approximate surface area is 216 Å². The number of esters is 1. The Morgan fingerprint density at radius 1 is 0.944 bits per heavy atom. The molecule has 9 heteroatoms. The fourth-order valence-corrected chi connectivity index (χ4v) is 4.84. The van der Waals surface area contributed by atoms with E-state index in [9.17, 15) is 18.3 Å². The number of ether oxygens (including phenoxy) is 2. The van der Waals surface area contributed by atoms with Gasteiger partial charge in [-0.15, -0.1) is 11.8 Å². The Kier molecular flexibility index (Phi) is 10.1. The number of benzene rings is 3. The summed E-state index contributed by atoms with van der Waals surface area (Å²) >= 11 is 1.61. The highest BCUT2D eigenvalue weighted by Crippen LogP contribution is 2.34. The van der Waals surface area contributed by atoms with Gasteiger partial charge < -0.3 is 18.8 Å². The van der Waals surface area contributed by atoms with Gasteiger partial charge in [-0.25, -0.2) is 0 Å². The monoisotopic (exact) mass is 530 g/mol. The number of carbonyl (C=O) groups is 1. The minimum Gasteiger partial charge on any atom is -0.508 e. The van der Waals surface area contributed by atoms with Crippen LogP contribution in [-0.4, -0.2) is 38.1 Å². The van der Waals surface area contributed by atoms with Gasteiger partial charge in [0.15, 0.2) is 0 Å². The molecular weight excluding hydrogens is 500 g/mol. The van der Waals surface area contributed by atoms with Crippen molar-refractivity contribution in [1.82, 2.24) is 0 Å². The second-order valence-corrected chi connectivity index (χ2v) is 10.8. The summed E-state index contributed by atoms with van der Waals surface area (Å²) in [6, 6.07) is 19.3. The van der Waals surface area contributed by atoms with Crippen molar-refractivity contribution in [2.45, 2.75) is 37.5 Å². The molecule has 0 spiro atoms. The SMILES string of the molecule is CCCC(=O)Oc1c(CCOc2ccc(OS(C)(=O)=O)cc2)cccc1SCCc1ccc(O)cc1. The van der Waals surface area contributed by atoms with Crippen molar-refractivity contribution < 1.29 is 32.0 Å². The van der Waals surface area contributed by atoms with Gasteiger partial charge in [0.25, 0.3) is 0 Å². The molecule has 0 amide bonds. The van der Waals surface area contributed by atoms with E-state index in [1.54, 1.807) is 36.0 Å². The number of hydrogen-bond donors (Lipinski definition) is 1. The first-order valence-corrected chi connectivity index (χ1v) is 14.4. The van der Waals surface area contributed by atoms with Crippen molar-refractivity contribution in [1.29, 1.82) is 0 Å². The predicted molar refractivity (Wildman–Crippen MR) is 141 cm³/mol. The molecule has 0 unspecified atom stereocenters. The molecule has 0 fully saturated rings. The number of thioether (sulfide) groups is 1. The van der Waals surface area contributed by atoms with Crippen LogP contribution in [0.4, 0.5) is 0 Å². The van der Waals surface area contributed by atoms with E-state index < -0.39 is 10.1 Å². The molecule has 0 atom stereocenters. The van der Waals surface area contributed by atoms with Crippen LogP contribution in [0.2, 0.25) is 0 Å². The number of hydrogen-bond acceptors (Lipinski definition) is 8. The smallest absolute Gasteiger partial charge is 0.311 e. The summed E-state index contributed by atoms with van der Waals surface area (Å²) < 4.78 is 38.9. The van der Waals surface area contributed by atoms with Crippen molar-refractivity contribution in [3.8, 4) is 23.0 Å². The molecule has 3 rings (SSSR count). The average molecular weight is 531 g/mol. The zero-order valence-electron chi connectivity index (χ0n) is 20.3. The Morgan fingerprint density at radius 3 is 2.31 bits per heavy atom.